The van der Waals surface area contributed by atoms with E-state index in [1.807, 2.05) is 6.92 Å². The van der Waals surface area contributed by atoms with Crippen LogP contribution in [0.1, 0.15) is 32.1 Å². The van der Waals surface area contributed by atoms with Crippen LogP contribution in [0.4, 0.5) is 0 Å². The van der Waals surface area contributed by atoms with Crippen LogP contribution in [-0.2, 0) is 0 Å². The number of aryl methyl sites for hydroxylation is 1. The van der Waals surface area contributed by atoms with Gasteiger partial charge in [0.2, 0.25) is 0 Å². The molecular formula is C13H11NO3S. The molecule has 0 saturated heterocycles. The lowest BCUT2D eigenvalue weighted by Gasteiger charge is -2.03. The molecule has 0 spiro atoms. The lowest BCUT2D eigenvalue weighted by atomic mass is 10.0. The summed E-state index contributed by atoms with van der Waals surface area (Å²) in [6.45, 7) is 1.82. The van der Waals surface area contributed by atoms with E-state index in [4.69, 9.17) is 0 Å². The van der Waals surface area contributed by atoms with Crippen LogP contribution in [0.3, 0.4) is 0 Å². The molecule has 0 aliphatic carbocycles. The van der Waals surface area contributed by atoms with Crippen molar-refractivity contribution in [2.24, 2.45) is 0 Å². The zero-order valence-electron chi connectivity index (χ0n) is 9.71. The van der Waals surface area contributed by atoms with E-state index in [0.29, 0.717) is 5.01 Å². The molecule has 2 rings (SSSR count). The lowest BCUT2D eigenvalue weighted by Crippen LogP contribution is -2.08. The number of hydrogen-bond acceptors (Lipinski definition) is 5. The van der Waals surface area contributed by atoms with Crippen LogP contribution in [0.5, 0.6) is 5.75 Å². The Balaban J connectivity index is 2.17. The number of ketones is 2. The van der Waals surface area contributed by atoms with Gasteiger partial charge in [-0.3, -0.25) is 9.59 Å². The fraction of sp³-hybridized carbons (Fsp3) is 0.154. The third-order valence-corrected chi connectivity index (χ3v) is 3.26. The van der Waals surface area contributed by atoms with E-state index in [0.717, 1.165) is 5.56 Å². The van der Waals surface area contributed by atoms with Gasteiger partial charge in [0, 0.05) is 11.6 Å². The van der Waals surface area contributed by atoms with Crippen LogP contribution in [0, 0.1) is 6.92 Å². The van der Waals surface area contributed by atoms with Crippen LogP contribution < -0.4 is 0 Å². The topological polar surface area (TPSA) is 67.3 Å². The Morgan fingerprint density at radius 2 is 2.11 bits per heavy atom. The van der Waals surface area contributed by atoms with Crippen molar-refractivity contribution in [2.45, 2.75) is 13.3 Å². The smallest absolute Gasteiger partial charge is 0.199 e. The number of carbonyl (C=O) groups excluding carboxylic acids is 2. The number of phenols is 1. The van der Waals surface area contributed by atoms with Gasteiger partial charge in [-0.15, -0.1) is 11.3 Å². The molecular weight excluding hydrogens is 250 g/mol. The summed E-state index contributed by atoms with van der Waals surface area (Å²) in [5.41, 5.74) is 1.04. The number of aromatic hydroxyl groups is 1. The van der Waals surface area contributed by atoms with Gasteiger partial charge in [-0.1, -0.05) is 11.6 Å². The third kappa shape index (κ3) is 2.62. The summed E-state index contributed by atoms with van der Waals surface area (Å²) < 4.78 is 0. The Bertz CT molecular complexity index is 590. The molecule has 0 aliphatic rings. The van der Waals surface area contributed by atoms with Crippen LogP contribution in [-0.4, -0.2) is 21.7 Å². The molecule has 1 aromatic carbocycles. The zero-order valence-corrected chi connectivity index (χ0v) is 10.5. The Hall–Kier alpha value is -2.01. The molecule has 18 heavy (non-hydrogen) atoms. The average molecular weight is 261 g/mol. The fourth-order valence-corrected chi connectivity index (χ4v) is 2.13. The van der Waals surface area contributed by atoms with Crippen molar-refractivity contribution >= 4 is 22.9 Å². The van der Waals surface area contributed by atoms with Gasteiger partial charge in [0.25, 0.3) is 0 Å². The van der Waals surface area contributed by atoms with Crippen molar-refractivity contribution in [1.82, 2.24) is 4.98 Å². The largest absolute Gasteiger partial charge is 0.507 e. The summed E-state index contributed by atoms with van der Waals surface area (Å²) in [6, 6.07) is 4.73. The molecule has 0 aliphatic heterocycles. The Morgan fingerprint density at radius 3 is 2.78 bits per heavy atom. The minimum Gasteiger partial charge on any atom is -0.507 e. The second kappa shape index (κ2) is 5.10. The number of nitrogens with zero attached hydrogens (tertiary/aromatic N) is 1. The molecule has 1 N–H and O–H groups in total. The van der Waals surface area contributed by atoms with Gasteiger partial charge in [-0.05, 0) is 19.1 Å². The van der Waals surface area contributed by atoms with E-state index in [9.17, 15) is 14.7 Å². The van der Waals surface area contributed by atoms with Gasteiger partial charge in [-0.2, -0.15) is 0 Å². The SMILES string of the molecule is Cc1ccc(O)c(C(=O)CC(=O)c2nccs2)c1. The first-order valence-corrected chi connectivity index (χ1v) is 6.21. The highest BCUT2D eigenvalue weighted by Crippen LogP contribution is 2.21. The normalized spacial score (nSPS) is 10.3. The predicted molar refractivity (Wildman–Crippen MR) is 68.2 cm³/mol. The monoisotopic (exact) mass is 261 g/mol. The fourth-order valence-electron chi connectivity index (χ4n) is 1.55. The maximum absolute atomic E-state index is 11.9. The first-order valence-electron chi connectivity index (χ1n) is 5.33. The number of thiazole rings is 1. The summed E-state index contributed by atoms with van der Waals surface area (Å²) in [6.07, 6.45) is 1.25. The van der Waals surface area contributed by atoms with Crippen molar-refractivity contribution in [3.8, 4) is 5.75 Å². The molecule has 1 aromatic heterocycles. The zero-order chi connectivity index (χ0) is 13.1. The predicted octanol–water partition coefficient (Wildman–Crippen LogP) is 2.61. The third-order valence-electron chi connectivity index (χ3n) is 2.44. The maximum Gasteiger partial charge on any atom is 0.199 e. The quantitative estimate of drug-likeness (QED) is 0.678. The summed E-state index contributed by atoms with van der Waals surface area (Å²) in [5.74, 6) is -0.815. The van der Waals surface area contributed by atoms with E-state index < -0.39 is 5.78 Å². The Labute approximate surface area is 108 Å². The van der Waals surface area contributed by atoms with Crippen LogP contribution in [0.25, 0.3) is 0 Å². The van der Waals surface area contributed by atoms with Crippen LogP contribution >= 0.6 is 11.3 Å². The molecule has 0 unspecified atom stereocenters. The Kier molecular flexibility index (Phi) is 3.53. The second-order valence-corrected chi connectivity index (χ2v) is 4.78. The number of aromatic nitrogens is 1. The lowest BCUT2D eigenvalue weighted by molar-refractivity contribution is 0.0893. The molecule has 0 saturated carbocycles. The molecule has 5 heteroatoms. The van der Waals surface area contributed by atoms with Crippen LogP contribution in [0.15, 0.2) is 29.8 Å². The highest BCUT2D eigenvalue weighted by Gasteiger charge is 2.18. The van der Waals surface area contributed by atoms with E-state index in [1.165, 1.54) is 23.6 Å². The molecule has 0 radical (unpaired) electrons. The number of hydrogen-bond donors (Lipinski definition) is 1. The molecule has 0 bridgehead atoms. The summed E-state index contributed by atoms with van der Waals surface area (Å²) >= 11 is 1.20. The Morgan fingerprint density at radius 1 is 1.33 bits per heavy atom. The van der Waals surface area contributed by atoms with Gasteiger partial charge in [-0.25, -0.2) is 4.98 Å². The van der Waals surface area contributed by atoms with Gasteiger partial charge >= 0.3 is 0 Å². The molecule has 0 amide bonds. The number of carbonyl (C=O) groups is 2. The number of benzene rings is 1. The minimum absolute atomic E-state index is 0.0995. The van der Waals surface area contributed by atoms with Crippen molar-refractivity contribution in [3.05, 3.63) is 45.9 Å². The highest BCUT2D eigenvalue weighted by molar-refractivity contribution is 7.11. The second-order valence-electron chi connectivity index (χ2n) is 3.88. The van der Waals surface area contributed by atoms with Gasteiger partial charge < -0.3 is 5.11 Å². The summed E-state index contributed by atoms with van der Waals surface area (Å²) in [5, 5.41) is 11.6. The number of rotatable bonds is 4. The standard InChI is InChI=1S/C13H11NO3S/c1-8-2-3-10(15)9(6-8)11(16)7-12(17)13-14-4-5-18-13/h2-6,15H,7H2,1H3. The van der Waals surface area contributed by atoms with Crippen molar-refractivity contribution in [3.63, 3.8) is 0 Å². The summed E-state index contributed by atoms with van der Waals surface area (Å²) in [7, 11) is 0. The molecule has 0 atom stereocenters. The molecule has 1 heterocycles. The molecule has 4 nitrogen and oxygen atoms in total. The van der Waals surface area contributed by atoms with Crippen molar-refractivity contribution in [1.29, 1.82) is 0 Å². The molecule has 92 valence electrons. The van der Waals surface area contributed by atoms with Crippen molar-refractivity contribution < 1.29 is 14.7 Å². The maximum atomic E-state index is 11.9. The molecule has 2 aromatic rings. The summed E-state index contributed by atoms with van der Waals surface area (Å²) in [4.78, 5) is 27.5. The minimum atomic E-state index is -0.392. The average Bonchev–Trinajstić information content (AvgIpc) is 2.85. The van der Waals surface area contributed by atoms with Gasteiger partial charge in [0.15, 0.2) is 16.6 Å². The van der Waals surface area contributed by atoms with E-state index in [2.05, 4.69) is 4.98 Å². The van der Waals surface area contributed by atoms with Crippen molar-refractivity contribution in [2.75, 3.05) is 0 Å². The van der Waals surface area contributed by atoms with E-state index in [-0.39, 0.29) is 23.5 Å². The van der Waals surface area contributed by atoms with Gasteiger partial charge in [0.05, 0.1) is 12.0 Å². The molecule has 0 fully saturated rings. The number of Topliss-reactive ketones (excluding diaryl/α,β-unsaturated/α-hetero) is 2. The van der Waals surface area contributed by atoms with Gasteiger partial charge in [0.1, 0.15) is 5.75 Å². The van der Waals surface area contributed by atoms with E-state index in [1.54, 1.807) is 17.5 Å². The first-order chi connectivity index (χ1) is 8.58. The van der Waals surface area contributed by atoms with Crippen LogP contribution in [0.2, 0.25) is 0 Å². The van der Waals surface area contributed by atoms with E-state index >= 15 is 0 Å². The number of phenolic OH excluding ortho intramolecular Hbond substituents is 1. The highest BCUT2D eigenvalue weighted by atomic mass is 32.1. The first kappa shape index (κ1) is 12.4.